The van der Waals surface area contributed by atoms with Crippen molar-refractivity contribution < 1.29 is 4.92 Å². The van der Waals surface area contributed by atoms with Crippen molar-refractivity contribution in [2.45, 2.75) is 19.9 Å². The van der Waals surface area contributed by atoms with Gasteiger partial charge < -0.3 is 15.6 Å². The topological polar surface area (TPSA) is 100 Å². The molecule has 0 bridgehead atoms. The maximum Gasteiger partial charge on any atom is 0.304 e. The first kappa shape index (κ1) is 15.0. The maximum atomic E-state index is 11.1. The van der Waals surface area contributed by atoms with Crippen molar-refractivity contribution in [3.63, 3.8) is 0 Å². The monoisotopic (exact) mass is 308 g/mol. The highest BCUT2D eigenvalue weighted by Crippen LogP contribution is 2.24. The first-order valence-corrected chi connectivity index (χ1v) is 7.40. The van der Waals surface area contributed by atoms with E-state index in [1.165, 1.54) is 12.1 Å². The van der Waals surface area contributed by atoms with Gasteiger partial charge in [0.15, 0.2) is 0 Å². The highest BCUT2D eigenvalue weighted by Gasteiger charge is 2.09. The van der Waals surface area contributed by atoms with Crippen LogP contribution in [-0.4, -0.2) is 16.5 Å². The number of nitro benzene ring substituents is 1. The van der Waals surface area contributed by atoms with Crippen LogP contribution in [0, 0.1) is 10.1 Å². The Morgan fingerprint density at radius 2 is 2.00 bits per heavy atom. The van der Waals surface area contributed by atoms with E-state index in [0.29, 0.717) is 17.9 Å². The Bertz CT molecular complexity index is 680. The van der Waals surface area contributed by atoms with Gasteiger partial charge in [0.2, 0.25) is 0 Å². The lowest BCUT2D eigenvalue weighted by Gasteiger charge is -2.09. The van der Waals surface area contributed by atoms with Crippen LogP contribution in [0.3, 0.4) is 0 Å². The van der Waals surface area contributed by atoms with Gasteiger partial charge in [-0.15, -0.1) is 0 Å². The fourth-order valence-corrected chi connectivity index (χ4v) is 2.37. The molecule has 7 nitrogen and oxygen atoms in total. The van der Waals surface area contributed by atoms with Crippen LogP contribution in [0.4, 0.5) is 17.1 Å². The Kier molecular flexibility index (Phi) is 4.94. The molecule has 0 unspecified atom stereocenters. The Morgan fingerprint density at radius 3 is 2.57 bits per heavy atom. The third-order valence-electron chi connectivity index (χ3n) is 2.76. The van der Waals surface area contributed by atoms with Crippen molar-refractivity contribution in [3.05, 3.63) is 49.1 Å². The number of aromatic nitrogens is 1. The Morgan fingerprint density at radius 1 is 1.29 bits per heavy atom. The van der Waals surface area contributed by atoms with Crippen molar-refractivity contribution in [1.82, 2.24) is 4.98 Å². The first-order valence-electron chi connectivity index (χ1n) is 6.52. The number of anilines is 2. The summed E-state index contributed by atoms with van der Waals surface area (Å²) < 4.78 is 0. The van der Waals surface area contributed by atoms with Gasteiger partial charge in [-0.05, 0) is 12.5 Å². The summed E-state index contributed by atoms with van der Waals surface area (Å²) in [6.45, 7) is 3.18. The molecule has 1 aromatic carbocycles. The van der Waals surface area contributed by atoms with Gasteiger partial charge in [0.1, 0.15) is 0 Å². The molecule has 2 aromatic rings. The number of H-pyrrole nitrogens is 1. The number of rotatable bonds is 7. The second-order valence-corrected chi connectivity index (χ2v) is 5.32. The molecule has 0 spiro atoms. The molecule has 3 N–H and O–H groups in total. The van der Waals surface area contributed by atoms with Gasteiger partial charge in [-0.3, -0.25) is 14.9 Å². The van der Waals surface area contributed by atoms with Gasteiger partial charge >= 0.3 is 4.87 Å². The normalized spacial score (nSPS) is 10.3. The molecule has 1 aromatic heterocycles. The van der Waals surface area contributed by atoms with Crippen LogP contribution in [0.2, 0.25) is 0 Å². The number of nitrogens with one attached hydrogen (secondary N) is 3. The number of aromatic amines is 1. The molecular weight excluding hydrogens is 292 g/mol. The molecule has 1 heterocycles. The molecule has 0 amide bonds. The van der Waals surface area contributed by atoms with E-state index < -0.39 is 4.92 Å². The van der Waals surface area contributed by atoms with Crippen LogP contribution in [0.25, 0.3) is 0 Å². The zero-order chi connectivity index (χ0) is 15.2. The summed E-state index contributed by atoms with van der Waals surface area (Å²) in [7, 11) is 0. The van der Waals surface area contributed by atoms with Crippen molar-refractivity contribution in [1.29, 1.82) is 0 Å². The number of nitrogens with zero attached hydrogens (tertiary/aromatic N) is 1. The third-order valence-corrected chi connectivity index (χ3v) is 3.48. The predicted molar refractivity (Wildman–Crippen MR) is 84.1 cm³/mol. The van der Waals surface area contributed by atoms with E-state index >= 15 is 0 Å². The van der Waals surface area contributed by atoms with Crippen molar-refractivity contribution in [2.75, 3.05) is 17.2 Å². The molecule has 0 saturated heterocycles. The minimum Gasteiger partial charge on any atom is -0.385 e. The van der Waals surface area contributed by atoms with Crippen molar-refractivity contribution in [3.8, 4) is 0 Å². The van der Waals surface area contributed by atoms with Crippen LogP contribution < -0.4 is 15.5 Å². The second kappa shape index (κ2) is 6.89. The van der Waals surface area contributed by atoms with Crippen molar-refractivity contribution >= 4 is 28.4 Å². The van der Waals surface area contributed by atoms with Crippen molar-refractivity contribution in [2.24, 2.45) is 0 Å². The van der Waals surface area contributed by atoms with Gasteiger partial charge in [0, 0.05) is 41.1 Å². The molecule has 0 aliphatic rings. The number of hydrogen-bond donors (Lipinski definition) is 3. The second-order valence-electron chi connectivity index (χ2n) is 4.48. The fraction of sp³-hybridized carbons (Fsp3) is 0.308. The van der Waals surface area contributed by atoms with Gasteiger partial charge in [-0.2, -0.15) is 0 Å². The molecule has 0 radical (unpaired) electrons. The first-order chi connectivity index (χ1) is 10.1. The summed E-state index contributed by atoms with van der Waals surface area (Å²) in [5.41, 5.74) is 2.11. The van der Waals surface area contributed by atoms with Gasteiger partial charge in [0.05, 0.1) is 11.5 Å². The largest absolute Gasteiger partial charge is 0.385 e. The van der Waals surface area contributed by atoms with Crippen LogP contribution in [-0.2, 0) is 6.54 Å². The lowest BCUT2D eigenvalue weighted by Crippen LogP contribution is -2.05. The molecule has 21 heavy (non-hydrogen) atoms. The van der Waals surface area contributed by atoms with E-state index in [0.717, 1.165) is 30.0 Å². The van der Waals surface area contributed by atoms with E-state index in [1.807, 2.05) is 13.0 Å². The Balaban J connectivity index is 2.14. The molecule has 0 aliphatic carbocycles. The highest BCUT2D eigenvalue weighted by molar-refractivity contribution is 7.07. The molecule has 2 rings (SSSR count). The van der Waals surface area contributed by atoms with Gasteiger partial charge in [-0.1, -0.05) is 18.3 Å². The molecule has 0 atom stereocenters. The summed E-state index contributed by atoms with van der Waals surface area (Å²) in [6, 6.07) is 4.79. The van der Waals surface area contributed by atoms with Gasteiger partial charge in [0.25, 0.3) is 5.69 Å². The third kappa shape index (κ3) is 4.32. The minimum absolute atomic E-state index is 0.0254. The summed E-state index contributed by atoms with van der Waals surface area (Å²) in [5, 5.41) is 18.9. The molecule has 8 heteroatoms. The van der Waals surface area contributed by atoms with Crippen LogP contribution in [0.15, 0.2) is 28.4 Å². The quantitative estimate of drug-likeness (QED) is 0.539. The zero-order valence-corrected chi connectivity index (χ0v) is 12.3. The number of non-ortho nitro benzene ring substituents is 1. The maximum absolute atomic E-state index is 11.1. The molecule has 0 fully saturated rings. The standard InChI is InChI=1S/C13H16N4O3S/c1-2-3-14-9-4-10(6-12(5-9)17(19)20)15-7-11-8-21-13(18)16-11/h4-6,8,14-15H,2-3,7H2,1H3,(H,16,18). The van der Waals surface area contributed by atoms with Crippen LogP contribution in [0.5, 0.6) is 0 Å². The Hall–Kier alpha value is -2.35. The number of benzene rings is 1. The average molecular weight is 308 g/mol. The minimum atomic E-state index is -0.422. The number of hydrogen-bond acceptors (Lipinski definition) is 6. The SMILES string of the molecule is CCCNc1cc(NCc2csc(=O)[nH]2)cc([N+](=O)[O-])c1. The van der Waals surface area contributed by atoms with E-state index in [4.69, 9.17) is 0 Å². The fourth-order valence-electron chi connectivity index (χ4n) is 1.79. The predicted octanol–water partition coefficient (Wildman–Crippen LogP) is 2.78. The average Bonchev–Trinajstić information content (AvgIpc) is 2.88. The summed E-state index contributed by atoms with van der Waals surface area (Å²) in [6.07, 6.45) is 0.932. The molecular formula is C13H16N4O3S. The van der Waals surface area contributed by atoms with E-state index in [9.17, 15) is 14.9 Å². The molecule has 0 saturated carbocycles. The lowest BCUT2D eigenvalue weighted by atomic mass is 10.2. The van der Waals surface area contributed by atoms with Crippen LogP contribution in [0.1, 0.15) is 19.0 Å². The summed E-state index contributed by atoms with van der Waals surface area (Å²) in [4.78, 5) is 24.2. The van der Waals surface area contributed by atoms with Crippen LogP contribution >= 0.6 is 11.3 Å². The van der Waals surface area contributed by atoms with E-state index in [1.54, 1.807) is 5.38 Å². The lowest BCUT2D eigenvalue weighted by molar-refractivity contribution is -0.384. The summed E-state index contributed by atoms with van der Waals surface area (Å²) in [5.74, 6) is 0. The van der Waals surface area contributed by atoms with Gasteiger partial charge in [-0.25, -0.2) is 0 Å². The Labute approximate surface area is 125 Å². The smallest absolute Gasteiger partial charge is 0.304 e. The zero-order valence-electron chi connectivity index (χ0n) is 11.5. The summed E-state index contributed by atoms with van der Waals surface area (Å²) >= 11 is 1.09. The van der Waals surface area contributed by atoms with E-state index in [-0.39, 0.29) is 10.6 Å². The number of nitro groups is 1. The molecule has 0 aliphatic heterocycles. The molecule has 112 valence electrons. The van der Waals surface area contributed by atoms with E-state index in [2.05, 4.69) is 15.6 Å². The highest BCUT2D eigenvalue weighted by atomic mass is 32.1. The number of thiazole rings is 1.